The van der Waals surface area contributed by atoms with Crippen LogP contribution in [0.3, 0.4) is 0 Å². The van der Waals surface area contributed by atoms with Crippen molar-refractivity contribution in [2.75, 3.05) is 32.7 Å². The average molecular weight is 404 g/mol. The van der Waals surface area contributed by atoms with Crippen LogP contribution in [0.25, 0.3) is 11.1 Å². The fourth-order valence-electron chi connectivity index (χ4n) is 3.39. The number of aliphatic hydroxyl groups excluding tert-OH is 1. The van der Waals surface area contributed by atoms with Crippen LogP contribution in [0.1, 0.15) is 33.4 Å². The van der Waals surface area contributed by atoms with Crippen LogP contribution >= 0.6 is 0 Å². The first-order valence-electron chi connectivity index (χ1n) is 8.86. The van der Waals surface area contributed by atoms with E-state index in [0.29, 0.717) is 18.9 Å². The molecule has 2 heterocycles. The van der Waals surface area contributed by atoms with Crippen LogP contribution in [0.5, 0.6) is 5.75 Å². The maximum atomic E-state index is 15.4. The van der Waals surface area contributed by atoms with Gasteiger partial charge in [0.1, 0.15) is 18.0 Å². The van der Waals surface area contributed by atoms with Gasteiger partial charge < -0.3 is 24.6 Å². The molecule has 9 heteroatoms. The van der Waals surface area contributed by atoms with E-state index in [0.717, 1.165) is 7.11 Å². The van der Waals surface area contributed by atoms with Crippen LogP contribution in [0.2, 0.25) is 0 Å². The molecule has 0 spiro atoms. The minimum atomic E-state index is -1.72. The lowest BCUT2D eigenvalue weighted by atomic mass is 9.89. The van der Waals surface area contributed by atoms with Gasteiger partial charge in [0, 0.05) is 23.4 Å². The number of carbonyl (C=O) groups excluding carboxylic acids is 2. The highest BCUT2D eigenvalue weighted by atomic mass is 19.1. The fourth-order valence-corrected chi connectivity index (χ4v) is 3.39. The van der Waals surface area contributed by atoms with Gasteiger partial charge in [0.25, 0.3) is 0 Å². The average Bonchev–Trinajstić information content (AvgIpc) is 2.74. The smallest absolute Gasteiger partial charge is 0.356 e. The molecule has 0 aliphatic carbocycles. The molecule has 0 saturated carbocycles. The summed E-state index contributed by atoms with van der Waals surface area (Å²) < 4.78 is 30.3. The predicted octanol–water partition coefficient (Wildman–Crippen LogP) is 2.30. The Hall–Kier alpha value is -3.20. The minimum Gasteiger partial charge on any atom is -0.489 e. The highest BCUT2D eigenvalue weighted by Crippen LogP contribution is 2.41. The molecule has 8 nitrogen and oxygen atoms in total. The van der Waals surface area contributed by atoms with Gasteiger partial charge in [-0.25, -0.2) is 19.0 Å². The summed E-state index contributed by atoms with van der Waals surface area (Å²) >= 11 is 0. The Morgan fingerprint density at radius 3 is 2.66 bits per heavy atom. The number of ether oxygens (including phenoxy) is 3. The summed E-state index contributed by atoms with van der Waals surface area (Å²) in [5.41, 5.74) is 0.859. The first kappa shape index (κ1) is 20.5. The summed E-state index contributed by atoms with van der Waals surface area (Å²) in [6.45, 7) is 3.88. The number of aromatic nitrogens is 1. The first-order valence-corrected chi connectivity index (χ1v) is 8.86. The molecule has 0 radical (unpaired) electrons. The van der Waals surface area contributed by atoms with Crippen molar-refractivity contribution in [1.29, 1.82) is 0 Å². The van der Waals surface area contributed by atoms with Gasteiger partial charge in [0.05, 0.1) is 14.2 Å². The lowest BCUT2D eigenvalue weighted by molar-refractivity contribution is -0.150. The number of rotatable bonds is 4. The number of halogens is 1. The van der Waals surface area contributed by atoms with E-state index in [2.05, 4.69) is 15.0 Å². The zero-order valence-electron chi connectivity index (χ0n) is 16.5. The molecule has 2 aromatic rings. The number of anilines is 1. The molecule has 1 aliphatic heterocycles. The van der Waals surface area contributed by atoms with Crippen molar-refractivity contribution in [3.63, 3.8) is 0 Å². The summed E-state index contributed by atoms with van der Waals surface area (Å²) in [6.07, 6.45) is -1.72. The van der Waals surface area contributed by atoms with Gasteiger partial charge in [0.15, 0.2) is 17.6 Å². The van der Waals surface area contributed by atoms with Gasteiger partial charge in [-0.05, 0) is 37.1 Å². The third-order valence-corrected chi connectivity index (χ3v) is 4.78. The van der Waals surface area contributed by atoms with Crippen LogP contribution in [0.4, 0.5) is 10.1 Å². The van der Waals surface area contributed by atoms with Crippen molar-refractivity contribution in [1.82, 2.24) is 4.98 Å². The first-order chi connectivity index (χ1) is 13.8. The molecule has 1 unspecified atom stereocenters. The topological polar surface area (TPSA) is 107 Å². The number of aliphatic hydroxyl groups is 1. The van der Waals surface area contributed by atoms with Crippen LogP contribution in [0, 0.1) is 19.7 Å². The number of benzene rings is 1. The molecule has 1 aromatic heterocycles. The zero-order valence-corrected chi connectivity index (χ0v) is 16.5. The molecule has 2 N–H and O–H groups in total. The summed E-state index contributed by atoms with van der Waals surface area (Å²) in [4.78, 5) is 28.4. The second-order valence-corrected chi connectivity index (χ2v) is 6.45. The Kier molecular flexibility index (Phi) is 5.69. The number of nitrogens with one attached hydrogen (secondary N) is 1. The maximum absolute atomic E-state index is 15.4. The summed E-state index contributed by atoms with van der Waals surface area (Å²) in [5, 5.41) is 13.5. The van der Waals surface area contributed by atoms with Gasteiger partial charge >= 0.3 is 11.9 Å². The highest BCUT2D eigenvalue weighted by Gasteiger charge is 2.31. The molecule has 3 rings (SSSR count). The second kappa shape index (κ2) is 8.04. The van der Waals surface area contributed by atoms with E-state index in [1.54, 1.807) is 13.0 Å². The fraction of sp³-hybridized carbons (Fsp3) is 0.350. The largest absolute Gasteiger partial charge is 0.489 e. The van der Waals surface area contributed by atoms with Crippen LogP contribution < -0.4 is 10.1 Å². The number of hydrogen-bond acceptors (Lipinski definition) is 8. The van der Waals surface area contributed by atoms with Crippen molar-refractivity contribution in [2.45, 2.75) is 20.0 Å². The second-order valence-electron chi connectivity index (χ2n) is 6.45. The van der Waals surface area contributed by atoms with Crippen LogP contribution in [0.15, 0.2) is 12.1 Å². The number of pyridine rings is 1. The minimum absolute atomic E-state index is 0.0397. The highest BCUT2D eigenvalue weighted by molar-refractivity contribution is 5.94. The third kappa shape index (κ3) is 3.49. The molecular weight excluding hydrogens is 383 g/mol. The molecule has 154 valence electrons. The Morgan fingerprint density at radius 1 is 1.28 bits per heavy atom. The molecule has 1 atom stereocenters. The summed E-state index contributed by atoms with van der Waals surface area (Å²) in [5.74, 6) is -1.93. The van der Waals surface area contributed by atoms with E-state index >= 15 is 4.39 Å². The molecular formula is C20H21FN2O6. The van der Waals surface area contributed by atoms with E-state index in [4.69, 9.17) is 9.47 Å². The van der Waals surface area contributed by atoms with Gasteiger partial charge in [-0.1, -0.05) is 0 Å². The predicted molar refractivity (Wildman–Crippen MR) is 101 cm³/mol. The maximum Gasteiger partial charge on any atom is 0.356 e. The molecule has 1 aromatic carbocycles. The summed E-state index contributed by atoms with van der Waals surface area (Å²) in [7, 11) is 2.33. The molecule has 0 fully saturated rings. The zero-order chi connectivity index (χ0) is 21.3. The van der Waals surface area contributed by atoms with Crippen molar-refractivity contribution in [3.8, 4) is 16.9 Å². The van der Waals surface area contributed by atoms with Crippen LogP contribution in [-0.4, -0.2) is 49.4 Å². The number of hydrogen-bond donors (Lipinski definition) is 2. The van der Waals surface area contributed by atoms with E-state index in [1.807, 2.05) is 0 Å². The quantitative estimate of drug-likeness (QED) is 0.748. The Morgan fingerprint density at radius 2 is 2.00 bits per heavy atom. The monoisotopic (exact) mass is 404 g/mol. The Bertz CT molecular complexity index is 992. The van der Waals surface area contributed by atoms with E-state index < -0.39 is 23.9 Å². The van der Waals surface area contributed by atoms with Gasteiger partial charge in [-0.2, -0.15) is 0 Å². The van der Waals surface area contributed by atoms with E-state index in [1.165, 1.54) is 20.1 Å². The third-order valence-electron chi connectivity index (χ3n) is 4.78. The van der Waals surface area contributed by atoms with Crippen LogP contribution in [-0.2, 0) is 14.3 Å². The number of fused-ring (bicyclic) bond motifs is 1. The SMILES string of the molecule is COC(=O)c1nc(C)c(C(O)C(=O)OC)c(-c2ccc3c(c2F)NCCO3)c1C. The van der Waals surface area contributed by atoms with Crippen molar-refractivity contribution in [3.05, 3.63) is 40.5 Å². The Labute approximate surface area is 166 Å². The standard InChI is InChI=1S/C20H21FN2O6/c1-9-13(11-5-6-12-17(15(11)21)22-7-8-29-12)14(18(24)20(26)28-4)10(2)23-16(9)19(25)27-3/h5-6,18,22,24H,7-8H2,1-4H3. The van der Waals surface area contributed by atoms with Crippen molar-refractivity contribution in [2.24, 2.45) is 0 Å². The van der Waals surface area contributed by atoms with Crippen molar-refractivity contribution < 1.29 is 33.3 Å². The summed E-state index contributed by atoms with van der Waals surface area (Å²) in [6, 6.07) is 3.05. The number of nitrogens with zero attached hydrogens (tertiary/aromatic N) is 1. The number of esters is 2. The molecule has 0 saturated heterocycles. The van der Waals surface area contributed by atoms with E-state index in [-0.39, 0.29) is 39.3 Å². The number of carbonyl (C=O) groups is 2. The van der Waals surface area contributed by atoms with Gasteiger partial charge in [-0.3, -0.25) is 0 Å². The van der Waals surface area contributed by atoms with E-state index in [9.17, 15) is 14.7 Å². The lowest BCUT2D eigenvalue weighted by Crippen LogP contribution is -2.21. The lowest BCUT2D eigenvalue weighted by Gasteiger charge is -2.24. The molecule has 0 bridgehead atoms. The number of methoxy groups -OCH3 is 2. The van der Waals surface area contributed by atoms with Gasteiger partial charge in [0.2, 0.25) is 0 Å². The normalized spacial score (nSPS) is 13.6. The number of aryl methyl sites for hydroxylation is 1. The molecule has 0 amide bonds. The Balaban J connectivity index is 2.35. The molecule has 1 aliphatic rings. The van der Waals surface area contributed by atoms with Gasteiger partial charge in [-0.15, -0.1) is 0 Å². The molecule has 29 heavy (non-hydrogen) atoms. The van der Waals surface area contributed by atoms with Crippen molar-refractivity contribution >= 4 is 17.6 Å².